The van der Waals surface area contributed by atoms with Crippen LogP contribution < -0.4 is 4.90 Å². The Bertz CT molecular complexity index is 1260. The highest BCUT2D eigenvalue weighted by Crippen LogP contribution is 2.29. The fourth-order valence-corrected chi connectivity index (χ4v) is 4.69. The molecule has 0 saturated carbocycles. The summed E-state index contributed by atoms with van der Waals surface area (Å²) in [6, 6.07) is 20.2. The maximum atomic E-state index is 13.5. The molecule has 0 radical (unpaired) electrons. The SMILES string of the molecule is O=C(c1cn(-c2ccccc2)nc1-c1cccs1)N1CCN(c2ccc([N+](=O)[O-])cc2)CC1. The van der Waals surface area contributed by atoms with Crippen LogP contribution in [-0.4, -0.2) is 51.7 Å². The van der Waals surface area contributed by atoms with Crippen molar-refractivity contribution in [2.45, 2.75) is 0 Å². The van der Waals surface area contributed by atoms with Crippen LogP contribution in [0, 0.1) is 10.1 Å². The van der Waals surface area contributed by atoms with Gasteiger partial charge in [-0.15, -0.1) is 11.3 Å². The Kier molecular flexibility index (Phi) is 5.62. The van der Waals surface area contributed by atoms with Crippen molar-refractivity contribution >= 4 is 28.6 Å². The normalized spacial score (nSPS) is 13.8. The molecule has 9 heteroatoms. The summed E-state index contributed by atoms with van der Waals surface area (Å²) in [5.41, 5.74) is 3.17. The Labute approximate surface area is 194 Å². The van der Waals surface area contributed by atoms with Gasteiger partial charge in [-0.05, 0) is 35.7 Å². The molecule has 1 aliphatic heterocycles. The second kappa shape index (κ2) is 8.87. The lowest BCUT2D eigenvalue weighted by Crippen LogP contribution is -2.48. The summed E-state index contributed by atoms with van der Waals surface area (Å²) in [6.45, 7) is 2.45. The van der Waals surface area contributed by atoms with Crippen molar-refractivity contribution in [3.05, 3.63) is 94.0 Å². The number of carbonyl (C=O) groups excluding carboxylic acids is 1. The standard InChI is InChI=1S/C24H21N5O3S/c30-24(27-14-12-26(13-15-27)18-8-10-20(11-9-18)29(31)32)21-17-28(19-5-2-1-3-6-19)25-23(21)22-7-4-16-33-22/h1-11,16-17H,12-15H2. The molecule has 2 aromatic heterocycles. The van der Waals surface area contributed by atoms with Crippen molar-refractivity contribution in [1.29, 1.82) is 0 Å². The second-order valence-electron chi connectivity index (χ2n) is 7.70. The number of anilines is 1. The summed E-state index contributed by atoms with van der Waals surface area (Å²) < 4.78 is 1.76. The number of aromatic nitrogens is 2. The van der Waals surface area contributed by atoms with Crippen LogP contribution in [0.15, 0.2) is 78.3 Å². The van der Waals surface area contributed by atoms with Crippen LogP contribution in [0.4, 0.5) is 11.4 Å². The van der Waals surface area contributed by atoms with Crippen LogP contribution in [0.25, 0.3) is 16.3 Å². The van der Waals surface area contributed by atoms with E-state index in [-0.39, 0.29) is 11.6 Å². The van der Waals surface area contributed by atoms with Gasteiger partial charge in [-0.25, -0.2) is 4.68 Å². The second-order valence-corrected chi connectivity index (χ2v) is 8.65. The lowest BCUT2D eigenvalue weighted by Gasteiger charge is -2.36. The zero-order chi connectivity index (χ0) is 22.8. The van der Waals surface area contributed by atoms with Gasteiger partial charge in [-0.2, -0.15) is 5.10 Å². The van der Waals surface area contributed by atoms with E-state index in [1.807, 2.05) is 58.9 Å². The molecule has 0 unspecified atom stereocenters. The van der Waals surface area contributed by atoms with Crippen molar-refractivity contribution in [3.63, 3.8) is 0 Å². The summed E-state index contributed by atoms with van der Waals surface area (Å²) in [7, 11) is 0. The Morgan fingerprint density at radius 1 is 0.909 bits per heavy atom. The van der Waals surface area contributed by atoms with Crippen molar-refractivity contribution < 1.29 is 9.72 Å². The summed E-state index contributed by atoms with van der Waals surface area (Å²) >= 11 is 1.56. The molecule has 1 fully saturated rings. The number of para-hydroxylation sites is 1. The Morgan fingerprint density at radius 3 is 2.27 bits per heavy atom. The number of non-ortho nitro benzene ring substituents is 1. The molecule has 1 amide bonds. The summed E-state index contributed by atoms with van der Waals surface area (Å²) in [4.78, 5) is 28.9. The number of thiophene rings is 1. The largest absolute Gasteiger partial charge is 0.368 e. The van der Waals surface area contributed by atoms with Gasteiger partial charge >= 0.3 is 0 Å². The van der Waals surface area contributed by atoms with Crippen molar-refractivity contribution in [2.75, 3.05) is 31.1 Å². The van der Waals surface area contributed by atoms with Gasteiger partial charge in [-0.1, -0.05) is 24.3 Å². The quantitative estimate of drug-likeness (QED) is 0.325. The van der Waals surface area contributed by atoms with Gasteiger partial charge in [0, 0.05) is 50.2 Å². The molecule has 0 bridgehead atoms. The monoisotopic (exact) mass is 459 g/mol. The van der Waals surface area contributed by atoms with Crippen LogP contribution in [0.2, 0.25) is 0 Å². The predicted octanol–water partition coefficient (Wildman–Crippen LogP) is 4.47. The van der Waals surface area contributed by atoms with Gasteiger partial charge in [0.05, 0.1) is 21.1 Å². The molecule has 8 nitrogen and oxygen atoms in total. The Hall–Kier alpha value is -3.98. The van der Waals surface area contributed by atoms with Crippen LogP contribution >= 0.6 is 11.3 Å². The minimum Gasteiger partial charge on any atom is -0.368 e. The topological polar surface area (TPSA) is 84.5 Å². The lowest BCUT2D eigenvalue weighted by molar-refractivity contribution is -0.384. The van der Waals surface area contributed by atoms with E-state index in [0.29, 0.717) is 37.4 Å². The molecule has 0 spiro atoms. The first-order valence-corrected chi connectivity index (χ1v) is 11.5. The van der Waals surface area contributed by atoms with Gasteiger partial charge in [0.25, 0.3) is 11.6 Å². The third kappa shape index (κ3) is 4.22. The molecule has 4 aromatic rings. The number of piperazine rings is 1. The highest BCUT2D eigenvalue weighted by Gasteiger charge is 2.27. The molecule has 0 atom stereocenters. The van der Waals surface area contributed by atoms with Gasteiger partial charge in [-0.3, -0.25) is 14.9 Å². The van der Waals surface area contributed by atoms with Crippen molar-refractivity contribution in [3.8, 4) is 16.3 Å². The van der Waals surface area contributed by atoms with E-state index in [0.717, 1.165) is 16.3 Å². The Morgan fingerprint density at radius 2 is 1.64 bits per heavy atom. The highest BCUT2D eigenvalue weighted by atomic mass is 32.1. The minimum absolute atomic E-state index is 0.0380. The molecule has 2 aromatic carbocycles. The summed E-state index contributed by atoms with van der Waals surface area (Å²) in [6.07, 6.45) is 1.81. The van der Waals surface area contributed by atoms with Gasteiger partial charge in [0.1, 0.15) is 5.69 Å². The molecule has 166 valence electrons. The van der Waals surface area contributed by atoms with E-state index in [4.69, 9.17) is 5.10 Å². The number of nitro groups is 1. The fourth-order valence-electron chi connectivity index (χ4n) is 3.96. The maximum Gasteiger partial charge on any atom is 0.269 e. The molecule has 1 aliphatic rings. The number of benzene rings is 2. The molecular weight excluding hydrogens is 438 g/mol. The fraction of sp³-hybridized carbons (Fsp3) is 0.167. The number of hydrogen-bond acceptors (Lipinski definition) is 6. The first-order chi connectivity index (χ1) is 16.1. The van der Waals surface area contributed by atoms with Crippen LogP contribution in [0.3, 0.4) is 0 Å². The number of rotatable bonds is 5. The molecule has 0 N–H and O–H groups in total. The van der Waals surface area contributed by atoms with Gasteiger partial charge in [0.2, 0.25) is 0 Å². The maximum absolute atomic E-state index is 13.5. The van der Waals surface area contributed by atoms with E-state index >= 15 is 0 Å². The summed E-state index contributed by atoms with van der Waals surface area (Å²) in [5.74, 6) is -0.0380. The predicted molar refractivity (Wildman–Crippen MR) is 128 cm³/mol. The lowest BCUT2D eigenvalue weighted by atomic mass is 10.1. The van der Waals surface area contributed by atoms with Crippen LogP contribution in [0.5, 0.6) is 0 Å². The van der Waals surface area contributed by atoms with Gasteiger partial charge in [0.15, 0.2) is 0 Å². The zero-order valence-electron chi connectivity index (χ0n) is 17.7. The molecule has 5 rings (SSSR count). The highest BCUT2D eigenvalue weighted by molar-refractivity contribution is 7.13. The van der Waals surface area contributed by atoms with Gasteiger partial charge < -0.3 is 9.80 Å². The third-order valence-electron chi connectivity index (χ3n) is 5.71. The first-order valence-electron chi connectivity index (χ1n) is 10.6. The average Bonchev–Trinajstić information content (AvgIpc) is 3.55. The number of nitro benzene ring substituents is 1. The first kappa shape index (κ1) is 20.9. The zero-order valence-corrected chi connectivity index (χ0v) is 18.5. The molecule has 3 heterocycles. The minimum atomic E-state index is -0.402. The number of carbonyl (C=O) groups is 1. The molecule has 33 heavy (non-hydrogen) atoms. The number of nitrogens with zero attached hydrogens (tertiary/aromatic N) is 5. The van der Waals surface area contributed by atoms with E-state index in [2.05, 4.69) is 4.90 Å². The van der Waals surface area contributed by atoms with E-state index in [1.165, 1.54) is 12.1 Å². The van der Waals surface area contributed by atoms with E-state index < -0.39 is 4.92 Å². The smallest absolute Gasteiger partial charge is 0.269 e. The van der Waals surface area contributed by atoms with Crippen molar-refractivity contribution in [2.24, 2.45) is 0 Å². The molecular formula is C24H21N5O3S. The van der Waals surface area contributed by atoms with Crippen LogP contribution in [0.1, 0.15) is 10.4 Å². The molecule has 1 saturated heterocycles. The van der Waals surface area contributed by atoms with E-state index in [1.54, 1.807) is 28.2 Å². The average molecular weight is 460 g/mol. The third-order valence-corrected chi connectivity index (χ3v) is 6.59. The van der Waals surface area contributed by atoms with E-state index in [9.17, 15) is 14.9 Å². The molecule has 0 aliphatic carbocycles. The van der Waals surface area contributed by atoms with Crippen molar-refractivity contribution in [1.82, 2.24) is 14.7 Å². The number of amides is 1. The summed E-state index contributed by atoms with van der Waals surface area (Å²) in [5, 5.41) is 17.6. The number of hydrogen-bond donors (Lipinski definition) is 0. The van der Waals surface area contributed by atoms with Crippen LogP contribution in [-0.2, 0) is 0 Å². The Balaban J connectivity index is 1.35.